The zero-order valence-corrected chi connectivity index (χ0v) is 27.8. The highest BCUT2D eigenvalue weighted by molar-refractivity contribution is 6.30. The van der Waals surface area contributed by atoms with Crippen LogP contribution in [-0.2, 0) is 27.2 Å². The van der Waals surface area contributed by atoms with Gasteiger partial charge in [0.05, 0.1) is 6.04 Å². The minimum atomic E-state index is -1.02. The summed E-state index contributed by atoms with van der Waals surface area (Å²) in [7, 11) is 0. The van der Waals surface area contributed by atoms with Gasteiger partial charge in [0.2, 0.25) is 17.7 Å². The van der Waals surface area contributed by atoms with Crippen molar-refractivity contribution in [3.05, 3.63) is 118 Å². The van der Waals surface area contributed by atoms with Crippen LogP contribution in [0.1, 0.15) is 24.0 Å². The number of aliphatic imine (C=N–C) groups is 1. The first-order valence-corrected chi connectivity index (χ1v) is 16.1. The molecule has 0 radical (unpaired) electrons. The Hall–Kier alpha value is -4.90. The quantitative estimate of drug-likeness (QED) is 0.0622. The molecule has 0 aliphatic rings. The van der Waals surface area contributed by atoms with Crippen LogP contribution in [0.5, 0.6) is 0 Å². The van der Waals surface area contributed by atoms with Gasteiger partial charge in [0, 0.05) is 23.0 Å². The predicted molar refractivity (Wildman–Crippen MR) is 192 cm³/mol. The highest BCUT2D eigenvalue weighted by Crippen LogP contribution is 2.23. The smallest absolute Gasteiger partial charge is 0.243 e. The third kappa shape index (κ3) is 10.8. The van der Waals surface area contributed by atoms with Crippen LogP contribution in [0.2, 0.25) is 10.0 Å². The molecule has 0 saturated carbocycles. The summed E-state index contributed by atoms with van der Waals surface area (Å²) < 4.78 is 0. The summed E-state index contributed by atoms with van der Waals surface area (Å²) in [6, 6.07) is 27.2. The van der Waals surface area contributed by atoms with Crippen molar-refractivity contribution in [2.45, 2.75) is 43.8 Å². The van der Waals surface area contributed by atoms with Crippen LogP contribution in [0, 0.1) is 0 Å². The number of hydrogen-bond donors (Lipinski definition) is 6. The van der Waals surface area contributed by atoms with Crippen molar-refractivity contribution in [2.75, 3.05) is 6.54 Å². The second-order valence-electron chi connectivity index (χ2n) is 11.4. The minimum Gasteiger partial charge on any atom is -0.370 e. The number of benzene rings is 4. The number of hydrogen-bond acceptors (Lipinski definition) is 5. The van der Waals surface area contributed by atoms with Crippen LogP contribution in [0.15, 0.2) is 102 Å². The predicted octanol–water partition coefficient (Wildman–Crippen LogP) is 3.95. The highest BCUT2D eigenvalue weighted by Gasteiger charge is 2.27. The standard InChI is InChI=1S/C36H39Cl2N7O3/c37-28-15-11-26(12-16-28)24-7-3-22(4-8-24)20-30(39)34(47)44-31(2-1-19-43-36(41)42)35(48)45-32(33(40)46)21-23-5-9-25(10-6-23)27-13-17-29(38)18-14-27/h3-18,30-32H,1-2,19-21,39H2,(H2,40,46)(H,44,47)(H,45,48)(H4,41,42,43)/t30-,31-,32-/m1/s1. The van der Waals surface area contributed by atoms with Gasteiger partial charge in [0.1, 0.15) is 12.1 Å². The molecule has 0 fully saturated rings. The van der Waals surface area contributed by atoms with Crippen molar-refractivity contribution in [2.24, 2.45) is 27.9 Å². The van der Waals surface area contributed by atoms with E-state index in [1.165, 1.54) is 0 Å². The molecule has 0 unspecified atom stereocenters. The lowest BCUT2D eigenvalue weighted by Gasteiger charge is -2.23. The second-order valence-corrected chi connectivity index (χ2v) is 12.3. The van der Waals surface area contributed by atoms with Gasteiger partial charge in [-0.2, -0.15) is 0 Å². The molecule has 0 heterocycles. The number of rotatable bonds is 15. The average Bonchev–Trinajstić information content (AvgIpc) is 3.07. The normalized spacial score (nSPS) is 12.7. The molecule has 3 amide bonds. The van der Waals surface area contributed by atoms with Crippen molar-refractivity contribution in [3.8, 4) is 22.3 Å². The van der Waals surface area contributed by atoms with E-state index < -0.39 is 35.8 Å². The van der Waals surface area contributed by atoms with E-state index in [0.717, 1.165) is 33.4 Å². The second kappa shape index (κ2) is 17.3. The van der Waals surface area contributed by atoms with Gasteiger partial charge in [-0.15, -0.1) is 0 Å². The molecule has 12 heteroatoms. The Labute approximate surface area is 289 Å². The summed E-state index contributed by atoms with van der Waals surface area (Å²) in [5.74, 6) is -1.89. The first-order chi connectivity index (χ1) is 23.0. The molecule has 10 nitrogen and oxygen atoms in total. The lowest BCUT2D eigenvalue weighted by Crippen LogP contribution is -2.56. The van der Waals surface area contributed by atoms with Gasteiger partial charge in [0.25, 0.3) is 0 Å². The maximum absolute atomic E-state index is 13.5. The fraction of sp³-hybridized carbons (Fsp3) is 0.222. The van der Waals surface area contributed by atoms with Crippen LogP contribution < -0.4 is 33.6 Å². The number of primary amides is 1. The molecule has 0 bridgehead atoms. The molecule has 0 spiro atoms. The molecule has 4 aromatic rings. The molecular formula is C36H39Cl2N7O3. The van der Waals surface area contributed by atoms with E-state index in [1.54, 1.807) is 0 Å². The van der Waals surface area contributed by atoms with E-state index in [4.69, 9.17) is 46.1 Å². The van der Waals surface area contributed by atoms with Gasteiger partial charge < -0.3 is 33.6 Å². The highest BCUT2D eigenvalue weighted by atomic mass is 35.5. The summed E-state index contributed by atoms with van der Waals surface area (Å²) >= 11 is 12.0. The van der Waals surface area contributed by atoms with E-state index in [9.17, 15) is 14.4 Å². The fourth-order valence-corrected chi connectivity index (χ4v) is 5.33. The number of nitrogens with two attached hydrogens (primary N) is 4. The maximum atomic E-state index is 13.5. The Morgan fingerprint density at radius 2 is 1.02 bits per heavy atom. The van der Waals surface area contributed by atoms with Crippen molar-refractivity contribution < 1.29 is 14.4 Å². The van der Waals surface area contributed by atoms with Crippen LogP contribution in [-0.4, -0.2) is 48.4 Å². The van der Waals surface area contributed by atoms with E-state index in [1.807, 2.05) is 97.1 Å². The molecular weight excluding hydrogens is 649 g/mol. The number of nitrogens with one attached hydrogen (secondary N) is 2. The SMILES string of the molecule is NC(=O)[C@@H](Cc1ccc(-c2ccc(Cl)cc2)cc1)NC(=O)[C@@H](CCCN=C(N)N)NC(=O)[C@H](N)Cc1ccc(-c2ccc(Cl)cc2)cc1. The summed E-state index contributed by atoms with van der Waals surface area (Å²) in [6.07, 6.45) is 0.969. The third-order valence-electron chi connectivity index (χ3n) is 7.73. The van der Waals surface area contributed by atoms with E-state index in [-0.39, 0.29) is 31.8 Å². The average molecular weight is 689 g/mol. The molecule has 4 rings (SSSR count). The number of carbonyl (C=O) groups excluding carboxylic acids is 3. The van der Waals surface area contributed by atoms with Gasteiger partial charge >= 0.3 is 0 Å². The van der Waals surface area contributed by atoms with Crippen molar-refractivity contribution in [3.63, 3.8) is 0 Å². The van der Waals surface area contributed by atoms with E-state index in [2.05, 4.69) is 15.6 Å². The summed E-state index contributed by atoms with van der Waals surface area (Å²) in [4.78, 5) is 43.1. The lowest BCUT2D eigenvalue weighted by molar-refractivity contribution is -0.131. The van der Waals surface area contributed by atoms with Crippen LogP contribution >= 0.6 is 23.2 Å². The third-order valence-corrected chi connectivity index (χ3v) is 8.24. The molecule has 48 heavy (non-hydrogen) atoms. The molecule has 0 aliphatic heterocycles. The maximum Gasteiger partial charge on any atom is 0.243 e. The minimum absolute atomic E-state index is 0.0833. The van der Waals surface area contributed by atoms with E-state index >= 15 is 0 Å². The zero-order valence-electron chi connectivity index (χ0n) is 26.2. The topological polar surface area (TPSA) is 192 Å². The summed E-state index contributed by atoms with van der Waals surface area (Å²) in [5.41, 5.74) is 28.4. The van der Waals surface area contributed by atoms with Crippen LogP contribution in [0.25, 0.3) is 22.3 Å². The van der Waals surface area contributed by atoms with Gasteiger partial charge in [-0.25, -0.2) is 0 Å². The first-order valence-electron chi connectivity index (χ1n) is 15.4. The fourth-order valence-electron chi connectivity index (χ4n) is 5.08. The molecule has 3 atom stereocenters. The number of amides is 3. The van der Waals surface area contributed by atoms with Crippen molar-refractivity contribution in [1.82, 2.24) is 10.6 Å². The lowest BCUT2D eigenvalue weighted by atomic mass is 9.99. The Morgan fingerprint density at radius 1 is 0.604 bits per heavy atom. The van der Waals surface area contributed by atoms with Crippen LogP contribution in [0.4, 0.5) is 0 Å². The Bertz CT molecular complexity index is 1710. The molecule has 4 aromatic carbocycles. The molecule has 10 N–H and O–H groups in total. The monoisotopic (exact) mass is 687 g/mol. The molecule has 0 saturated heterocycles. The summed E-state index contributed by atoms with van der Waals surface area (Å²) in [6.45, 7) is 0.243. The number of carbonyl (C=O) groups is 3. The molecule has 0 aliphatic carbocycles. The largest absolute Gasteiger partial charge is 0.370 e. The zero-order chi connectivity index (χ0) is 34.6. The van der Waals surface area contributed by atoms with Gasteiger partial charge in [0.15, 0.2) is 5.96 Å². The Balaban J connectivity index is 1.40. The van der Waals surface area contributed by atoms with Gasteiger partial charge in [-0.05, 0) is 76.9 Å². The van der Waals surface area contributed by atoms with Crippen LogP contribution in [0.3, 0.4) is 0 Å². The molecule has 250 valence electrons. The van der Waals surface area contributed by atoms with Crippen molar-refractivity contribution in [1.29, 1.82) is 0 Å². The number of nitrogens with zero attached hydrogens (tertiary/aromatic N) is 1. The molecule has 0 aromatic heterocycles. The van der Waals surface area contributed by atoms with Gasteiger partial charge in [-0.1, -0.05) is 96.0 Å². The number of halogens is 2. The number of guanidine groups is 1. The van der Waals surface area contributed by atoms with Gasteiger partial charge in [-0.3, -0.25) is 19.4 Å². The Kier molecular flexibility index (Phi) is 13.0. The Morgan fingerprint density at radius 3 is 1.46 bits per heavy atom. The van der Waals surface area contributed by atoms with Crippen molar-refractivity contribution >= 4 is 46.9 Å². The summed E-state index contributed by atoms with van der Waals surface area (Å²) in [5, 5.41) is 6.75. The first kappa shape index (κ1) is 35.9. The van der Waals surface area contributed by atoms with E-state index in [0.29, 0.717) is 16.5 Å².